The molecule has 0 saturated heterocycles. The van der Waals surface area contributed by atoms with Crippen LogP contribution in [0.2, 0.25) is 5.15 Å². The van der Waals surface area contributed by atoms with Gasteiger partial charge in [0.15, 0.2) is 0 Å². The third-order valence-corrected chi connectivity index (χ3v) is 3.09. The van der Waals surface area contributed by atoms with E-state index in [1.54, 1.807) is 0 Å². The molecular weight excluding hydrogens is 244 g/mol. The molecule has 1 heterocycles. The number of amides is 1. The number of hydrogen-bond donors (Lipinski definition) is 2. The van der Waals surface area contributed by atoms with Gasteiger partial charge < -0.3 is 10.4 Å². The number of carbonyl (C=O) groups is 2. The Bertz CT molecular complexity index is 472. The first-order valence-corrected chi connectivity index (χ1v) is 5.54. The van der Waals surface area contributed by atoms with Crippen molar-refractivity contribution in [1.82, 2.24) is 10.3 Å². The summed E-state index contributed by atoms with van der Waals surface area (Å²) < 4.78 is 0. The lowest BCUT2D eigenvalue weighted by molar-refractivity contribution is -0.143. The van der Waals surface area contributed by atoms with Crippen molar-refractivity contribution in [3.63, 3.8) is 0 Å². The standard InChI is InChI=1S/C11H11ClN2O3/c12-8-5-7(1-4-13-8)9(15)14-6-11(2-3-11)10(16)17/h1,4-5H,2-3,6H2,(H,14,15)(H,16,17). The Hall–Kier alpha value is -1.62. The molecule has 90 valence electrons. The van der Waals surface area contributed by atoms with Crippen molar-refractivity contribution in [1.29, 1.82) is 0 Å². The molecule has 1 aromatic heterocycles. The summed E-state index contributed by atoms with van der Waals surface area (Å²) >= 11 is 5.66. The summed E-state index contributed by atoms with van der Waals surface area (Å²) in [6, 6.07) is 2.97. The zero-order valence-corrected chi connectivity index (χ0v) is 9.70. The topological polar surface area (TPSA) is 79.3 Å². The maximum atomic E-state index is 11.7. The lowest BCUT2D eigenvalue weighted by Gasteiger charge is -2.10. The Balaban J connectivity index is 1.96. The molecular formula is C11H11ClN2O3. The molecule has 0 bridgehead atoms. The van der Waals surface area contributed by atoms with Gasteiger partial charge in [-0.3, -0.25) is 9.59 Å². The fraction of sp³-hybridized carbons (Fsp3) is 0.364. The second-order valence-electron chi connectivity index (χ2n) is 4.14. The van der Waals surface area contributed by atoms with Crippen molar-refractivity contribution in [2.75, 3.05) is 6.54 Å². The van der Waals surface area contributed by atoms with Crippen LogP contribution in [0, 0.1) is 5.41 Å². The van der Waals surface area contributed by atoms with Crippen LogP contribution in [0.25, 0.3) is 0 Å². The van der Waals surface area contributed by atoms with Gasteiger partial charge in [-0.15, -0.1) is 0 Å². The number of carboxylic acids is 1. The number of nitrogens with zero attached hydrogens (tertiary/aromatic N) is 1. The predicted octanol–water partition coefficient (Wildman–Crippen LogP) is 1.33. The van der Waals surface area contributed by atoms with Gasteiger partial charge in [0.05, 0.1) is 5.41 Å². The number of hydrogen-bond acceptors (Lipinski definition) is 3. The number of pyridine rings is 1. The van der Waals surface area contributed by atoms with Crippen molar-refractivity contribution in [3.8, 4) is 0 Å². The largest absolute Gasteiger partial charge is 0.481 e. The van der Waals surface area contributed by atoms with Crippen molar-refractivity contribution in [2.24, 2.45) is 5.41 Å². The Morgan fingerprint density at radius 1 is 1.53 bits per heavy atom. The van der Waals surface area contributed by atoms with Crippen LogP contribution < -0.4 is 5.32 Å². The van der Waals surface area contributed by atoms with Crippen LogP contribution in [-0.4, -0.2) is 28.5 Å². The van der Waals surface area contributed by atoms with Gasteiger partial charge in [-0.25, -0.2) is 4.98 Å². The molecule has 2 N–H and O–H groups in total. The molecule has 2 rings (SSSR count). The summed E-state index contributed by atoms with van der Waals surface area (Å²) in [7, 11) is 0. The highest BCUT2D eigenvalue weighted by Crippen LogP contribution is 2.45. The third kappa shape index (κ3) is 2.55. The molecule has 1 amide bonds. The number of halogens is 1. The monoisotopic (exact) mass is 254 g/mol. The zero-order chi connectivity index (χ0) is 12.5. The Morgan fingerprint density at radius 3 is 2.76 bits per heavy atom. The van der Waals surface area contributed by atoms with Gasteiger partial charge in [-0.2, -0.15) is 0 Å². The fourth-order valence-electron chi connectivity index (χ4n) is 1.51. The lowest BCUT2D eigenvalue weighted by atomic mass is 10.1. The highest BCUT2D eigenvalue weighted by molar-refractivity contribution is 6.29. The van der Waals surface area contributed by atoms with E-state index in [0.29, 0.717) is 18.4 Å². The summed E-state index contributed by atoms with van der Waals surface area (Å²) in [5.74, 6) is -1.19. The Morgan fingerprint density at radius 2 is 2.24 bits per heavy atom. The molecule has 0 spiro atoms. The average molecular weight is 255 g/mol. The normalized spacial score (nSPS) is 16.3. The van der Waals surface area contributed by atoms with Crippen molar-refractivity contribution < 1.29 is 14.7 Å². The van der Waals surface area contributed by atoms with Crippen LogP contribution in [-0.2, 0) is 4.79 Å². The summed E-state index contributed by atoms with van der Waals surface area (Å²) in [5.41, 5.74) is -0.377. The molecule has 0 aromatic carbocycles. The molecule has 1 aliphatic carbocycles. The Kier molecular flexibility index (Phi) is 3.02. The minimum atomic E-state index is -0.856. The fourth-order valence-corrected chi connectivity index (χ4v) is 1.69. The summed E-state index contributed by atoms with van der Waals surface area (Å²) in [6.45, 7) is 0.154. The molecule has 5 nitrogen and oxygen atoms in total. The first-order chi connectivity index (χ1) is 8.03. The van der Waals surface area contributed by atoms with E-state index in [-0.39, 0.29) is 17.6 Å². The molecule has 0 aliphatic heterocycles. The smallest absolute Gasteiger partial charge is 0.311 e. The van der Waals surface area contributed by atoms with Crippen LogP contribution in [0.3, 0.4) is 0 Å². The molecule has 6 heteroatoms. The van der Waals surface area contributed by atoms with Crippen LogP contribution in [0.1, 0.15) is 23.2 Å². The molecule has 1 aromatic rings. The molecule has 1 aliphatic rings. The van der Waals surface area contributed by atoms with Crippen LogP contribution in [0.15, 0.2) is 18.3 Å². The van der Waals surface area contributed by atoms with E-state index in [4.69, 9.17) is 16.7 Å². The first kappa shape index (κ1) is 11.9. The molecule has 0 unspecified atom stereocenters. The van der Waals surface area contributed by atoms with E-state index in [1.165, 1.54) is 18.3 Å². The zero-order valence-electron chi connectivity index (χ0n) is 8.94. The highest BCUT2D eigenvalue weighted by Gasteiger charge is 2.50. The van der Waals surface area contributed by atoms with Gasteiger partial charge >= 0.3 is 5.97 Å². The Labute approximate surface area is 103 Å². The van der Waals surface area contributed by atoms with E-state index >= 15 is 0 Å². The number of carboxylic acid groups (broad SMARTS) is 1. The van der Waals surface area contributed by atoms with Crippen LogP contribution in [0.4, 0.5) is 0 Å². The number of aliphatic carboxylic acids is 1. The van der Waals surface area contributed by atoms with Gasteiger partial charge in [0.1, 0.15) is 5.15 Å². The maximum Gasteiger partial charge on any atom is 0.311 e. The molecule has 1 saturated carbocycles. The lowest BCUT2D eigenvalue weighted by Crippen LogP contribution is -2.34. The second kappa shape index (κ2) is 4.33. The predicted molar refractivity (Wildman–Crippen MR) is 60.9 cm³/mol. The van der Waals surface area contributed by atoms with Gasteiger partial charge in [-0.05, 0) is 25.0 Å². The molecule has 17 heavy (non-hydrogen) atoms. The van der Waals surface area contributed by atoms with Crippen molar-refractivity contribution >= 4 is 23.5 Å². The van der Waals surface area contributed by atoms with Gasteiger partial charge in [0.25, 0.3) is 5.91 Å². The highest BCUT2D eigenvalue weighted by atomic mass is 35.5. The molecule has 1 fully saturated rings. The van der Waals surface area contributed by atoms with E-state index in [2.05, 4.69) is 10.3 Å². The SMILES string of the molecule is O=C(NCC1(C(=O)O)CC1)c1ccnc(Cl)c1. The van der Waals surface area contributed by atoms with E-state index in [0.717, 1.165) is 0 Å². The van der Waals surface area contributed by atoms with Gasteiger partial charge in [0.2, 0.25) is 0 Å². The minimum absolute atomic E-state index is 0.154. The summed E-state index contributed by atoms with van der Waals surface area (Å²) in [6.07, 6.45) is 2.65. The number of aromatic nitrogens is 1. The first-order valence-electron chi connectivity index (χ1n) is 5.17. The van der Waals surface area contributed by atoms with E-state index in [9.17, 15) is 9.59 Å². The quantitative estimate of drug-likeness (QED) is 0.795. The van der Waals surface area contributed by atoms with Gasteiger partial charge in [-0.1, -0.05) is 11.6 Å². The maximum absolute atomic E-state index is 11.7. The van der Waals surface area contributed by atoms with Crippen LogP contribution in [0.5, 0.6) is 0 Å². The van der Waals surface area contributed by atoms with E-state index in [1.807, 2.05) is 0 Å². The van der Waals surface area contributed by atoms with Crippen molar-refractivity contribution in [3.05, 3.63) is 29.0 Å². The average Bonchev–Trinajstić information content (AvgIpc) is 3.07. The van der Waals surface area contributed by atoms with Crippen molar-refractivity contribution in [2.45, 2.75) is 12.8 Å². The van der Waals surface area contributed by atoms with E-state index < -0.39 is 11.4 Å². The number of rotatable bonds is 4. The molecule has 0 radical (unpaired) electrons. The number of nitrogens with one attached hydrogen (secondary N) is 1. The summed E-state index contributed by atoms with van der Waals surface area (Å²) in [4.78, 5) is 26.4. The van der Waals surface area contributed by atoms with Gasteiger partial charge in [0, 0.05) is 18.3 Å². The minimum Gasteiger partial charge on any atom is -0.481 e. The van der Waals surface area contributed by atoms with Crippen LogP contribution >= 0.6 is 11.6 Å². The second-order valence-corrected chi connectivity index (χ2v) is 4.52. The summed E-state index contributed by atoms with van der Waals surface area (Å²) in [5, 5.41) is 11.8. The number of carbonyl (C=O) groups excluding carboxylic acids is 1. The molecule has 0 atom stereocenters. The third-order valence-electron chi connectivity index (χ3n) is 2.88.